The van der Waals surface area contributed by atoms with Gasteiger partial charge in [-0.3, -0.25) is 4.98 Å². The summed E-state index contributed by atoms with van der Waals surface area (Å²) in [5.74, 6) is 0.588. The van der Waals surface area contributed by atoms with Gasteiger partial charge < -0.3 is 0 Å². The average Bonchev–Trinajstić information content (AvgIpc) is 3.56. The van der Waals surface area contributed by atoms with Crippen LogP contribution in [0.4, 0.5) is 0 Å². The molecule has 0 fully saturated rings. The molecule has 4 nitrogen and oxygen atoms in total. The van der Waals surface area contributed by atoms with E-state index in [4.69, 9.17) is 15.1 Å². The zero-order chi connectivity index (χ0) is 38.8. The first-order chi connectivity index (χ1) is 28.6. The van der Waals surface area contributed by atoms with Crippen molar-refractivity contribution >= 4 is 11.8 Å². The van der Waals surface area contributed by atoms with E-state index in [1.54, 1.807) is 0 Å². The van der Waals surface area contributed by atoms with Crippen LogP contribution in [0.2, 0.25) is 0 Å². The first kappa shape index (κ1) is 34.3. The molecule has 0 unspecified atom stereocenters. The topological polar surface area (TPSA) is 51.6 Å². The molecular formula is C53H36N4S. The Labute approximate surface area is 342 Å². The van der Waals surface area contributed by atoms with E-state index < -0.39 is 5.41 Å². The normalized spacial score (nSPS) is 13.1. The highest BCUT2D eigenvalue weighted by atomic mass is 32.2. The van der Waals surface area contributed by atoms with Crippen LogP contribution >= 0.6 is 11.8 Å². The van der Waals surface area contributed by atoms with Gasteiger partial charge in [0.1, 0.15) is 11.4 Å². The van der Waals surface area contributed by atoms with Crippen LogP contribution in [-0.2, 0) is 5.41 Å². The van der Waals surface area contributed by atoms with E-state index in [9.17, 15) is 0 Å². The van der Waals surface area contributed by atoms with Gasteiger partial charge in [0.05, 0.1) is 5.41 Å². The van der Waals surface area contributed by atoms with Gasteiger partial charge in [0, 0.05) is 43.4 Å². The van der Waals surface area contributed by atoms with Crippen molar-refractivity contribution in [2.45, 2.75) is 29.1 Å². The fourth-order valence-corrected chi connectivity index (χ4v) is 10.3. The predicted octanol–water partition coefficient (Wildman–Crippen LogP) is 13.0. The van der Waals surface area contributed by atoms with E-state index in [-0.39, 0.29) is 0 Å². The number of fused-ring (bicyclic) bond motifs is 9. The molecule has 0 amide bonds. The quantitative estimate of drug-likeness (QED) is 0.175. The molecule has 58 heavy (non-hydrogen) atoms. The molecule has 1 aliphatic heterocycles. The molecule has 274 valence electrons. The van der Waals surface area contributed by atoms with Gasteiger partial charge in [-0.15, -0.1) is 10.2 Å². The molecule has 7 aromatic carbocycles. The third kappa shape index (κ3) is 5.38. The van der Waals surface area contributed by atoms with Crippen LogP contribution < -0.4 is 0 Å². The number of nitrogens with zero attached hydrogens (tertiary/aromatic N) is 4. The minimum absolute atomic E-state index is 0.401. The Morgan fingerprint density at radius 3 is 1.72 bits per heavy atom. The molecule has 2 aromatic heterocycles. The maximum Gasteiger partial charge on any atom is 0.182 e. The summed E-state index contributed by atoms with van der Waals surface area (Å²) in [5.41, 5.74) is 18.3. The van der Waals surface area contributed by atoms with Crippen molar-refractivity contribution in [3.8, 4) is 67.3 Å². The number of aromatic nitrogens is 4. The van der Waals surface area contributed by atoms with Crippen molar-refractivity contribution in [2.75, 3.05) is 0 Å². The smallest absolute Gasteiger partial charge is 0.182 e. The van der Waals surface area contributed by atoms with Gasteiger partial charge in [-0.25, -0.2) is 4.98 Å². The molecule has 9 aromatic rings. The zero-order valence-electron chi connectivity index (χ0n) is 32.0. The van der Waals surface area contributed by atoms with E-state index in [0.717, 1.165) is 61.7 Å². The Kier molecular flexibility index (Phi) is 8.05. The van der Waals surface area contributed by atoms with Crippen LogP contribution in [0.3, 0.4) is 0 Å². The maximum atomic E-state index is 5.26. The first-order valence-electron chi connectivity index (χ1n) is 19.6. The Morgan fingerprint density at radius 2 is 0.966 bits per heavy atom. The average molecular weight is 761 g/mol. The van der Waals surface area contributed by atoms with E-state index in [1.165, 1.54) is 43.2 Å². The summed E-state index contributed by atoms with van der Waals surface area (Å²) >= 11 is 1.87. The van der Waals surface area contributed by atoms with Gasteiger partial charge >= 0.3 is 0 Å². The second-order valence-electron chi connectivity index (χ2n) is 15.1. The van der Waals surface area contributed by atoms with Crippen LogP contribution in [0.25, 0.3) is 67.3 Å². The highest BCUT2D eigenvalue weighted by Gasteiger charge is 2.50. The fourth-order valence-electron chi connectivity index (χ4n) is 9.14. The molecule has 0 bridgehead atoms. The van der Waals surface area contributed by atoms with Crippen molar-refractivity contribution < 1.29 is 0 Å². The van der Waals surface area contributed by atoms with Gasteiger partial charge in [-0.2, -0.15) is 0 Å². The summed E-state index contributed by atoms with van der Waals surface area (Å²) in [5, 5.41) is 9.59. The minimum Gasteiger partial charge on any atom is -0.258 e. The van der Waals surface area contributed by atoms with Gasteiger partial charge in [0.2, 0.25) is 0 Å². The van der Waals surface area contributed by atoms with E-state index in [2.05, 4.69) is 164 Å². The van der Waals surface area contributed by atoms with Gasteiger partial charge in [0.15, 0.2) is 5.82 Å². The van der Waals surface area contributed by atoms with Gasteiger partial charge in [0.25, 0.3) is 0 Å². The molecule has 0 N–H and O–H groups in total. The summed E-state index contributed by atoms with van der Waals surface area (Å²) in [4.78, 5) is 12.6. The highest BCUT2D eigenvalue weighted by molar-refractivity contribution is 7.99. The van der Waals surface area contributed by atoms with Crippen LogP contribution in [0.5, 0.6) is 0 Å². The summed E-state index contributed by atoms with van der Waals surface area (Å²) in [7, 11) is 0. The number of benzene rings is 7. The summed E-state index contributed by atoms with van der Waals surface area (Å²) in [6.45, 7) is 4.08. The number of pyridine rings is 1. The molecular weight excluding hydrogens is 725 g/mol. The second kappa shape index (κ2) is 13.6. The number of hydrogen-bond acceptors (Lipinski definition) is 5. The number of hydrogen-bond donors (Lipinski definition) is 0. The Balaban J connectivity index is 1.07. The Morgan fingerprint density at radius 1 is 0.379 bits per heavy atom. The predicted molar refractivity (Wildman–Crippen MR) is 236 cm³/mol. The summed E-state index contributed by atoms with van der Waals surface area (Å²) < 4.78 is 0. The van der Waals surface area contributed by atoms with E-state index in [1.807, 2.05) is 49.0 Å². The van der Waals surface area contributed by atoms with Crippen LogP contribution in [-0.4, -0.2) is 20.2 Å². The maximum absolute atomic E-state index is 5.26. The molecule has 0 atom stereocenters. The molecule has 0 radical (unpaired) electrons. The second-order valence-corrected chi connectivity index (χ2v) is 16.2. The van der Waals surface area contributed by atoms with Gasteiger partial charge in [-0.1, -0.05) is 157 Å². The number of rotatable bonds is 5. The van der Waals surface area contributed by atoms with E-state index >= 15 is 0 Å². The van der Waals surface area contributed by atoms with Crippen LogP contribution in [0.1, 0.15) is 33.6 Å². The zero-order valence-corrected chi connectivity index (χ0v) is 32.8. The van der Waals surface area contributed by atoms with Crippen molar-refractivity contribution in [3.05, 3.63) is 216 Å². The fraction of sp³-hybridized carbons (Fsp3) is 0.0566. The minimum atomic E-state index is -0.401. The van der Waals surface area contributed by atoms with E-state index in [0.29, 0.717) is 5.82 Å². The lowest BCUT2D eigenvalue weighted by Crippen LogP contribution is -2.31. The van der Waals surface area contributed by atoms with Crippen molar-refractivity contribution in [3.63, 3.8) is 0 Å². The third-order valence-corrected chi connectivity index (χ3v) is 12.9. The van der Waals surface area contributed by atoms with Gasteiger partial charge in [-0.05, 0) is 100 Å². The molecule has 1 spiro atoms. The number of aryl methyl sites for hydroxylation is 2. The van der Waals surface area contributed by atoms with Crippen LogP contribution in [0, 0.1) is 13.8 Å². The lowest BCUT2D eigenvalue weighted by molar-refractivity contribution is 0.722. The molecule has 3 heterocycles. The third-order valence-electron chi connectivity index (χ3n) is 11.7. The molecule has 5 heteroatoms. The highest BCUT2D eigenvalue weighted by Crippen LogP contribution is 2.62. The van der Waals surface area contributed by atoms with Crippen LogP contribution in [0.15, 0.2) is 192 Å². The lowest BCUT2D eigenvalue weighted by atomic mass is 9.67. The molecule has 0 saturated carbocycles. The molecule has 2 aliphatic rings. The largest absolute Gasteiger partial charge is 0.258 e. The summed E-state index contributed by atoms with van der Waals surface area (Å²) in [6, 6.07) is 65.4. The summed E-state index contributed by atoms with van der Waals surface area (Å²) in [6.07, 6.45) is 0. The lowest BCUT2D eigenvalue weighted by Gasteiger charge is -2.39. The van der Waals surface area contributed by atoms with Crippen molar-refractivity contribution in [1.29, 1.82) is 0 Å². The Bertz CT molecular complexity index is 3030. The van der Waals surface area contributed by atoms with Crippen molar-refractivity contribution in [1.82, 2.24) is 20.2 Å². The van der Waals surface area contributed by atoms with Crippen molar-refractivity contribution in [2.24, 2.45) is 0 Å². The molecule has 0 saturated heterocycles. The standard InChI is InChI=1S/C53H36N4S/c1-33-26-28-41(34(2)54-33)38-17-13-19-40(31-38)51-50(55-52(57-56-51)35-14-4-3-5-15-35)39-18-12-16-36(30-39)37-27-29-45-43(32-37)42-20-6-7-21-44(42)53(45)46-22-8-10-24-48(46)58-49-25-11-9-23-47(49)53/h3-32H,1-2H3. The first-order valence-corrected chi connectivity index (χ1v) is 20.5. The Hall–Kier alpha value is -6.95. The molecule has 11 rings (SSSR count). The molecule has 1 aliphatic carbocycles. The monoisotopic (exact) mass is 760 g/mol. The SMILES string of the molecule is Cc1ccc(-c2cccc(-c3nnc(-c4ccccc4)nc3-c3cccc(-c4ccc5c(c4)-c4ccccc4C54c5ccccc5Sc5ccccc54)c3)c2)c(C)n1.